The molecule has 1 amide bonds. The molecule has 3 nitrogen and oxygen atoms in total. The second kappa shape index (κ2) is 5.38. The summed E-state index contributed by atoms with van der Waals surface area (Å²) >= 11 is 5.49. The smallest absolute Gasteiger partial charge is 0.261 e. The standard InChI is InChI=1S/C9H13NO2S2/c1-6(2-3-11)10-9(12)8-4-7(13)5-14-8/h4-6,11,13H,2-3H2,1H3,(H,10,12). The zero-order chi connectivity index (χ0) is 10.6. The molecule has 0 spiro atoms. The maximum absolute atomic E-state index is 11.5. The number of nitrogens with one attached hydrogen (secondary N) is 1. The molecule has 1 heterocycles. The summed E-state index contributed by atoms with van der Waals surface area (Å²) in [6.45, 7) is 1.95. The molecule has 1 aromatic rings. The van der Waals surface area contributed by atoms with Crippen LogP contribution in [0.4, 0.5) is 0 Å². The quantitative estimate of drug-likeness (QED) is 0.688. The van der Waals surface area contributed by atoms with Crippen LogP contribution in [0.1, 0.15) is 23.0 Å². The van der Waals surface area contributed by atoms with Gasteiger partial charge < -0.3 is 10.4 Å². The van der Waals surface area contributed by atoms with Gasteiger partial charge in [0.05, 0.1) is 4.88 Å². The van der Waals surface area contributed by atoms with Crippen LogP contribution in [-0.2, 0) is 0 Å². The normalized spacial score (nSPS) is 12.5. The number of hydrogen-bond acceptors (Lipinski definition) is 4. The van der Waals surface area contributed by atoms with Crippen molar-refractivity contribution in [3.05, 3.63) is 16.3 Å². The largest absolute Gasteiger partial charge is 0.396 e. The lowest BCUT2D eigenvalue weighted by Crippen LogP contribution is -2.32. The van der Waals surface area contributed by atoms with E-state index in [0.29, 0.717) is 11.3 Å². The number of rotatable bonds is 4. The first-order valence-electron chi connectivity index (χ1n) is 4.32. The Morgan fingerprint density at radius 1 is 1.79 bits per heavy atom. The molecule has 1 unspecified atom stereocenters. The van der Waals surface area contributed by atoms with Crippen LogP contribution in [0.3, 0.4) is 0 Å². The zero-order valence-corrected chi connectivity index (χ0v) is 9.57. The van der Waals surface area contributed by atoms with Crippen LogP contribution in [0.15, 0.2) is 16.3 Å². The first-order chi connectivity index (χ1) is 6.63. The highest BCUT2D eigenvalue weighted by atomic mass is 32.1. The molecule has 14 heavy (non-hydrogen) atoms. The van der Waals surface area contributed by atoms with Crippen molar-refractivity contribution in [1.29, 1.82) is 0 Å². The van der Waals surface area contributed by atoms with E-state index in [2.05, 4.69) is 17.9 Å². The van der Waals surface area contributed by atoms with Crippen molar-refractivity contribution in [1.82, 2.24) is 5.32 Å². The number of thiophene rings is 1. The molecule has 0 bridgehead atoms. The minimum absolute atomic E-state index is 0.00188. The lowest BCUT2D eigenvalue weighted by atomic mass is 10.2. The lowest BCUT2D eigenvalue weighted by molar-refractivity contribution is 0.0938. The summed E-state index contributed by atoms with van der Waals surface area (Å²) < 4.78 is 0. The molecule has 0 aliphatic heterocycles. The Hall–Kier alpha value is -0.520. The van der Waals surface area contributed by atoms with Gasteiger partial charge in [-0.2, -0.15) is 0 Å². The zero-order valence-electron chi connectivity index (χ0n) is 7.86. The number of amides is 1. The third kappa shape index (κ3) is 3.32. The topological polar surface area (TPSA) is 49.3 Å². The Balaban J connectivity index is 2.50. The van der Waals surface area contributed by atoms with Gasteiger partial charge in [0.2, 0.25) is 0 Å². The Labute approximate surface area is 92.6 Å². The van der Waals surface area contributed by atoms with Gasteiger partial charge in [-0.05, 0) is 19.4 Å². The van der Waals surface area contributed by atoms with E-state index in [1.54, 1.807) is 6.07 Å². The molecule has 1 rings (SSSR count). The van der Waals surface area contributed by atoms with Crippen LogP contribution in [-0.4, -0.2) is 23.7 Å². The monoisotopic (exact) mass is 231 g/mol. The Morgan fingerprint density at radius 3 is 3.00 bits per heavy atom. The summed E-state index contributed by atoms with van der Waals surface area (Å²) in [5.74, 6) is -0.101. The molecule has 78 valence electrons. The molecule has 0 saturated heterocycles. The number of carbonyl (C=O) groups excluding carboxylic acids is 1. The molecular weight excluding hydrogens is 218 g/mol. The van der Waals surface area contributed by atoms with Crippen LogP contribution in [0.5, 0.6) is 0 Å². The fourth-order valence-corrected chi connectivity index (χ4v) is 2.06. The summed E-state index contributed by atoms with van der Waals surface area (Å²) in [6, 6.07) is 1.73. The van der Waals surface area contributed by atoms with E-state index in [-0.39, 0.29) is 18.6 Å². The molecule has 2 N–H and O–H groups in total. The highest BCUT2D eigenvalue weighted by Gasteiger charge is 2.10. The summed E-state index contributed by atoms with van der Waals surface area (Å²) in [7, 11) is 0. The van der Waals surface area contributed by atoms with Crippen molar-refractivity contribution in [3.8, 4) is 0 Å². The highest BCUT2D eigenvalue weighted by molar-refractivity contribution is 7.80. The maximum atomic E-state index is 11.5. The third-order valence-electron chi connectivity index (χ3n) is 1.75. The lowest BCUT2D eigenvalue weighted by Gasteiger charge is -2.10. The van der Waals surface area contributed by atoms with Crippen LogP contribution in [0.2, 0.25) is 0 Å². The SMILES string of the molecule is CC(CCO)NC(=O)c1cc(S)cs1. The van der Waals surface area contributed by atoms with Gasteiger partial charge in [-0.15, -0.1) is 24.0 Å². The van der Waals surface area contributed by atoms with E-state index in [1.807, 2.05) is 12.3 Å². The van der Waals surface area contributed by atoms with Crippen LogP contribution >= 0.6 is 24.0 Å². The van der Waals surface area contributed by atoms with Crippen molar-refractivity contribution in [3.63, 3.8) is 0 Å². The second-order valence-electron chi connectivity index (χ2n) is 3.06. The van der Waals surface area contributed by atoms with Crippen molar-refractivity contribution >= 4 is 29.9 Å². The van der Waals surface area contributed by atoms with Gasteiger partial charge in [0.15, 0.2) is 0 Å². The Kier molecular flexibility index (Phi) is 4.44. The average molecular weight is 231 g/mol. The van der Waals surface area contributed by atoms with Crippen LogP contribution < -0.4 is 5.32 Å². The Bertz CT molecular complexity index is 312. The van der Waals surface area contributed by atoms with Gasteiger partial charge in [-0.25, -0.2) is 0 Å². The third-order valence-corrected chi connectivity index (χ3v) is 3.11. The number of carbonyl (C=O) groups is 1. The van der Waals surface area contributed by atoms with Crippen molar-refractivity contribution in [2.24, 2.45) is 0 Å². The van der Waals surface area contributed by atoms with Gasteiger partial charge in [0.25, 0.3) is 5.91 Å². The summed E-state index contributed by atoms with van der Waals surface area (Å²) in [5.41, 5.74) is 0. The van der Waals surface area contributed by atoms with E-state index < -0.39 is 0 Å². The molecular formula is C9H13NO2S2. The van der Waals surface area contributed by atoms with Crippen molar-refractivity contribution < 1.29 is 9.90 Å². The predicted octanol–water partition coefficient (Wildman–Crippen LogP) is 1.54. The van der Waals surface area contributed by atoms with Gasteiger partial charge in [-0.3, -0.25) is 4.79 Å². The Morgan fingerprint density at radius 2 is 2.50 bits per heavy atom. The minimum Gasteiger partial charge on any atom is -0.396 e. The second-order valence-corrected chi connectivity index (χ2v) is 4.48. The first kappa shape index (κ1) is 11.6. The van der Waals surface area contributed by atoms with Crippen molar-refractivity contribution in [2.45, 2.75) is 24.3 Å². The maximum Gasteiger partial charge on any atom is 0.261 e. The van der Waals surface area contributed by atoms with Gasteiger partial charge in [-0.1, -0.05) is 0 Å². The molecule has 0 aromatic carbocycles. The minimum atomic E-state index is -0.101. The van der Waals surface area contributed by atoms with E-state index in [4.69, 9.17) is 5.11 Å². The van der Waals surface area contributed by atoms with E-state index in [0.717, 1.165) is 4.90 Å². The first-order valence-corrected chi connectivity index (χ1v) is 5.65. The molecule has 0 fully saturated rings. The molecule has 0 radical (unpaired) electrons. The molecule has 1 atom stereocenters. The van der Waals surface area contributed by atoms with E-state index in [9.17, 15) is 4.79 Å². The van der Waals surface area contributed by atoms with E-state index in [1.165, 1.54) is 11.3 Å². The van der Waals surface area contributed by atoms with Crippen molar-refractivity contribution in [2.75, 3.05) is 6.61 Å². The molecule has 5 heteroatoms. The summed E-state index contributed by atoms with van der Waals surface area (Å²) in [6.07, 6.45) is 0.574. The molecule has 0 aliphatic carbocycles. The number of aliphatic hydroxyl groups is 1. The van der Waals surface area contributed by atoms with Crippen LogP contribution in [0, 0.1) is 0 Å². The number of aliphatic hydroxyl groups excluding tert-OH is 1. The van der Waals surface area contributed by atoms with Gasteiger partial charge in [0, 0.05) is 22.9 Å². The highest BCUT2D eigenvalue weighted by Crippen LogP contribution is 2.17. The fraction of sp³-hybridized carbons (Fsp3) is 0.444. The van der Waals surface area contributed by atoms with E-state index >= 15 is 0 Å². The van der Waals surface area contributed by atoms with Crippen LogP contribution in [0.25, 0.3) is 0 Å². The predicted molar refractivity (Wildman–Crippen MR) is 60.2 cm³/mol. The number of thiol groups is 1. The molecule has 0 aliphatic rings. The number of hydrogen-bond donors (Lipinski definition) is 3. The molecule has 1 aromatic heterocycles. The molecule has 0 saturated carbocycles. The fourth-order valence-electron chi connectivity index (χ4n) is 1.01. The van der Waals surface area contributed by atoms with Gasteiger partial charge >= 0.3 is 0 Å². The summed E-state index contributed by atoms with van der Waals surface area (Å²) in [5, 5.41) is 13.3. The van der Waals surface area contributed by atoms with Gasteiger partial charge in [0.1, 0.15) is 0 Å². The average Bonchev–Trinajstić information content (AvgIpc) is 2.52. The summed E-state index contributed by atoms with van der Waals surface area (Å²) in [4.78, 5) is 13.0.